The molecular weight excluding hydrogens is 250 g/mol. The molecule has 0 aromatic carbocycles. The number of rotatable bonds is 2. The Morgan fingerprint density at radius 2 is 2.19 bits per heavy atom. The number of aromatic nitrogens is 2. The van der Waals surface area contributed by atoms with Crippen molar-refractivity contribution in [2.24, 2.45) is 0 Å². The molecule has 88 valence electrons. The number of ether oxygens (including phenoxy) is 1. The van der Waals surface area contributed by atoms with Crippen molar-refractivity contribution in [3.05, 3.63) is 9.47 Å². The van der Waals surface area contributed by atoms with Crippen LogP contribution in [-0.4, -0.2) is 47.3 Å². The quantitative estimate of drug-likeness (QED) is 0.808. The van der Waals surface area contributed by atoms with E-state index in [0.717, 1.165) is 24.2 Å². The van der Waals surface area contributed by atoms with Crippen molar-refractivity contribution in [1.82, 2.24) is 15.1 Å². The lowest BCUT2D eigenvalue weighted by molar-refractivity contribution is 0.0361. The Kier molecular flexibility index (Phi) is 3.73. The summed E-state index contributed by atoms with van der Waals surface area (Å²) in [5, 5.41) is 7.72. The van der Waals surface area contributed by atoms with E-state index in [0.29, 0.717) is 22.7 Å². The van der Waals surface area contributed by atoms with Crippen molar-refractivity contribution in [3.63, 3.8) is 0 Å². The Bertz CT molecular complexity index is 379. The van der Waals surface area contributed by atoms with Crippen LogP contribution in [0, 0.1) is 0 Å². The molecule has 1 aliphatic rings. The Balaban J connectivity index is 2.03. The molecule has 0 N–H and O–H groups in total. The Morgan fingerprint density at radius 3 is 2.75 bits per heavy atom. The second kappa shape index (κ2) is 5.07. The lowest BCUT2D eigenvalue weighted by Crippen LogP contribution is -2.40. The topological polar surface area (TPSA) is 55.3 Å². The van der Waals surface area contributed by atoms with E-state index in [1.165, 1.54) is 0 Å². The van der Waals surface area contributed by atoms with Gasteiger partial charge >= 0.3 is 0 Å². The molecule has 1 aliphatic heterocycles. The second-order valence-corrected chi connectivity index (χ2v) is 5.18. The number of amides is 1. The first kappa shape index (κ1) is 11.8. The zero-order valence-corrected chi connectivity index (χ0v) is 10.4. The van der Waals surface area contributed by atoms with Crippen LogP contribution < -0.4 is 0 Å². The third-order valence-corrected chi connectivity index (χ3v) is 3.65. The van der Waals surface area contributed by atoms with E-state index >= 15 is 0 Å². The summed E-state index contributed by atoms with van der Waals surface area (Å²) in [6.07, 6.45) is 1.74. The monoisotopic (exact) mass is 261 g/mol. The molecular formula is C9H12ClN3O2S. The summed E-state index contributed by atoms with van der Waals surface area (Å²) in [6.45, 7) is 1.42. The lowest BCUT2D eigenvalue weighted by atomic mass is 10.1. The first-order valence-electron chi connectivity index (χ1n) is 5.02. The summed E-state index contributed by atoms with van der Waals surface area (Å²) in [5.74, 6) is -0.115. The number of nitrogens with zero attached hydrogens (tertiary/aromatic N) is 3. The van der Waals surface area contributed by atoms with E-state index in [4.69, 9.17) is 16.3 Å². The second-order valence-electron chi connectivity index (χ2n) is 3.62. The molecule has 0 aliphatic carbocycles. The molecule has 0 spiro atoms. The summed E-state index contributed by atoms with van der Waals surface area (Å²) < 4.78 is 5.55. The highest BCUT2D eigenvalue weighted by molar-refractivity contribution is 7.17. The highest BCUT2D eigenvalue weighted by Gasteiger charge is 2.25. The maximum Gasteiger partial charge on any atom is 0.284 e. The van der Waals surface area contributed by atoms with Gasteiger partial charge in [-0.05, 0) is 24.4 Å². The summed E-state index contributed by atoms with van der Waals surface area (Å²) in [4.78, 5) is 13.7. The highest BCUT2D eigenvalue weighted by atomic mass is 35.5. The molecule has 1 aromatic rings. The lowest BCUT2D eigenvalue weighted by Gasteiger charge is -2.30. The van der Waals surface area contributed by atoms with Crippen molar-refractivity contribution in [1.29, 1.82) is 0 Å². The molecule has 7 heteroatoms. The Labute approximate surface area is 102 Å². The van der Waals surface area contributed by atoms with E-state index in [1.54, 1.807) is 11.9 Å². The van der Waals surface area contributed by atoms with Crippen LogP contribution in [0.25, 0.3) is 0 Å². The van der Waals surface area contributed by atoms with Crippen molar-refractivity contribution in [3.8, 4) is 0 Å². The van der Waals surface area contributed by atoms with Gasteiger partial charge in [0.1, 0.15) is 0 Å². The molecule has 2 rings (SSSR count). The molecule has 2 heterocycles. The SMILES string of the molecule is CN(C(=O)c1nnc(Cl)s1)C1CCOCC1. The summed E-state index contributed by atoms with van der Waals surface area (Å²) in [6, 6.07) is 0.226. The molecule has 1 saturated heterocycles. The molecule has 5 nitrogen and oxygen atoms in total. The van der Waals surface area contributed by atoms with E-state index in [-0.39, 0.29) is 11.9 Å². The molecule has 0 unspecified atom stereocenters. The minimum atomic E-state index is -0.115. The van der Waals surface area contributed by atoms with Crippen molar-refractivity contribution >= 4 is 28.8 Å². The summed E-state index contributed by atoms with van der Waals surface area (Å²) in [5.41, 5.74) is 0. The van der Waals surface area contributed by atoms with Gasteiger partial charge in [-0.3, -0.25) is 4.79 Å². The van der Waals surface area contributed by atoms with Crippen LogP contribution in [0.15, 0.2) is 0 Å². The number of hydrogen-bond acceptors (Lipinski definition) is 5. The summed E-state index contributed by atoms with van der Waals surface area (Å²) in [7, 11) is 1.79. The molecule has 0 bridgehead atoms. The molecule has 1 amide bonds. The Morgan fingerprint density at radius 1 is 1.50 bits per heavy atom. The molecule has 1 aromatic heterocycles. The van der Waals surface area contributed by atoms with Crippen LogP contribution in [0.5, 0.6) is 0 Å². The number of carbonyl (C=O) groups excluding carboxylic acids is 1. The van der Waals surface area contributed by atoms with Crippen LogP contribution in [0.1, 0.15) is 22.6 Å². The minimum absolute atomic E-state index is 0.115. The average Bonchev–Trinajstić information content (AvgIpc) is 2.75. The molecule has 0 radical (unpaired) electrons. The molecule has 16 heavy (non-hydrogen) atoms. The average molecular weight is 262 g/mol. The molecule has 0 saturated carbocycles. The van der Waals surface area contributed by atoms with Gasteiger partial charge in [0, 0.05) is 26.3 Å². The van der Waals surface area contributed by atoms with E-state index < -0.39 is 0 Å². The third kappa shape index (κ3) is 2.50. The predicted octanol–water partition coefficient (Wildman–Crippen LogP) is 1.44. The van der Waals surface area contributed by atoms with Gasteiger partial charge in [-0.15, -0.1) is 10.2 Å². The maximum absolute atomic E-state index is 12.0. The van der Waals surface area contributed by atoms with Gasteiger partial charge in [0.05, 0.1) is 0 Å². The smallest absolute Gasteiger partial charge is 0.284 e. The van der Waals surface area contributed by atoms with Gasteiger partial charge in [0.2, 0.25) is 9.47 Å². The fourth-order valence-electron chi connectivity index (χ4n) is 1.68. The Hall–Kier alpha value is -0.720. The van der Waals surface area contributed by atoms with Crippen LogP contribution in [-0.2, 0) is 4.74 Å². The van der Waals surface area contributed by atoms with Crippen molar-refractivity contribution < 1.29 is 9.53 Å². The van der Waals surface area contributed by atoms with Crippen LogP contribution in [0.2, 0.25) is 4.47 Å². The first-order valence-corrected chi connectivity index (χ1v) is 6.22. The standard InChI is InChI=1S/C9H12ClN3O2S/c1-13(6-2-4-15-5-3-6)8(14)7-11-12-9(10)16-7/h6H,2-5H2,1H3. The predicted molar refractivity (Wildman–Crippen MR) is 60.9 cm³/mol. The van der Waals surface area contributed by atoms with E-state index in [2.05, 4.69) is 10.2 Å². The highest BCUT2D eigenvalue weighted by Crippen LogP contribution is 2.19. The van der Waals surface area contributed by atoms with Crippen LogP contribution >= 0.6 is 22.9 Å². The fourth-order valence-corrected chi connectivity index (χ4v) is 2.49. The van der Waals surface area contributed by atoms with E-state index in [9.17, 15) is 4.79 Å². The number of halogens is 1. The van der Waals surface area contributed by atoms with Gasteiger partial charge in [-0.2, -0.15) is 0 Å². The van der Waals surface area contributed by atoms with Gasteiger partial charge < -0.3 is 9.64 Å². The largest absolute Gasteiger partial charge is 0.381 e. The zero-order chi connectivity index (χ0) is 11.5. The molecule has 0 atom stereocenters. The van der Waals surface area contributed by atoms with Crippen LogP contribution in [0.3, 0.4) is 0 Å². The van der Waals surface area contributed by atoms with E-state index in [1.807, 2.05) is 0 Å². The van der Waals surface area contributed by atoms with Gasteiger partial charge in [0.25, 0.3) is 5.91 Å². The van der Waals surface area contributed by atoms with Gasteiger partial charge in [0.15, 0.2) is 0 Å². The minimum Gasteiger partial charge on any atom is -0.381 e. The van der Waals surface area contributed by atoms with Gasteiger partial charge in [-0.1, -0.05) is 11.3 Å². The zero-order valence-electron chi connectivity index (χ0n) is 8.85. The van der Waals surface area contributed by atoms with Crippen LogP contribution in [0.4, 0.5) is 0 Å². The van der Waals surface area contributed by atoms with Gasteiger partial charge in [-0.25, -0.2) is 0 Å². The third-order valence-electron chi connectivity index (χ3n) is 2.64. The van der Waals surface area contributed by atoms with Crippen molar-refractivity contribution in [2.75, 3.05) is 20.3 Å². The fraction of sp³-hybridized carbons (Fsp3) is 0.667. The number of hydrogen-bond donors (Lipinski definition) is 0. The summed E-state index contributed by atoms with van der Waals surface area (Å²) >= 11 is 6.76. The number of carbonyl (C=O) groups is 1. The molecule has 1 fully saturated rings. The normalized spacial score (nSPS) is 17.4. The van der Waals surface area contributed by atoms with Crippen molar-refractivity contribution in [2.45, 2.75) is 18.9 Å². The first-order chi connectivity index (χ1) is 7.68. The maximum atomic E-state index is 12.0.